The standard InChI is InChI=1S/C17H18BrNO3/c1-12-3-8-16(15(11-12)17(20)21-2)19-9-10-22-14-6-4-13(18)5-7-14/h3-8,11,19H,9-10H2,1-2H3. The SMILES string of the molecule is COC(=O)c1cc(C)ccc1NCCOc1ccc(Br)cc1. The van der Waals surface area contributed by atoms with Crippen molar-refractivity contribution in [1.29, 1.82) is 0 Å². The molecule has 116 valence electrons. The van der Waals surface area contributed by atoms with Gasteiger partial charge in [0, 0.05) is 16.7 Å². The minimum atomic E-state index is -0.347. The molecular weight excluding hydrogens is 346 g/mol. The average molecular weight is 364 g/mol. The van der Waals surface area contributed by atoms with Crippen LogP contribution in [0.15, 0.2) is 46.9 Å². The number of halogens is 1. The monoisotopic (exact) mass is 363 g/mol. The summed E-state index contributed by atoms with van der Waals surface area (Å²) < 4.78 is 11.5. The van der Waals surface area contributed by atoms with Gasteiger partial charge < -0.3 is 14.8 Å². The largest absolute Gasteiger partial charge is 0.492 e. The summed E-state index contributed by atoms with van der Waals surface area (Å²) in [6, 6.07) is 13.3. The van der Waals surface area contributed by atoms with Crippen LogP contribution in [0.2, 0.25) is 0 Å². The number of rotatable bonds is 6. The van der Waals surface area contributed by atoms with Crippen LogP contribution in [-0.2, 0) is 4.74 Å². The second-order valence-corrected chi connectivity index (χ2v) is 5.69. The zero-order chi connectivity index (χ0) is 15.9. The summed E-state index contributed by atoms with van der Waals surface area (Å²) in [5, 5.41) is 3.20. The third-order valence-electron chi connectivity index (χ3n) is 3.08. The van der Waals surface area contributed by atoms with E-state index in [2.05, 4.69) is 21.2 Å². The number of anilines is 1. The fourth-order valence-electron chi connectivity index (χ4n) is 1.98. The molecular formula is C17H18BrNO3. The third kappa shape index (κ3) is 4.49. The molecule has 4 nitrogen and oxygen atoms in total. The highest BCUT2D eigenvalue weighted by atomic mass is 79.9. The van der Waals surface area contributed by atoms with Crippen LogP contribution < -0.4 is 10.1 Å². The van der Waals surface area contributed by atoms with Crippen molar-refractivity contribution in [2.24, 2.45) is 0 Å². The maximum atomic E-state index is 11.8. The molecule has 1 N–H and O–H groups in total. The summed E-state index contributed by atoms with van der Waals surface area (Å²) in [4.78, 5) is 11.8. The van der Waals surface area contributed by atoms with E-state index in [4.69, 9.17) is 9.47 Å². The number of carbonyl (C=O) groups excluding carboxylic acids is 1. The Kier molecular flexibility index (Phi) is 5.83. The van der Waals surface area contributed by atoms with E-state index in [1.807, 2.05) is 49.4 Å². The highest BCUT2D eigenvalue weighted by Crippen LogP contribution is 2.19. The Hall–Kier alpha value is -2.01. The molecule has 0 bridgehead atoms. The van der Waals surface area contributed by atoms with Gasteiger partial charge in [-0.3, -0.25) is 0 Å². The van der Waals surface area contributed by atoms with Crippen LogP contribution in [0.3, 0.4) is 0 Å². The summed E-state index contributed by atoms with van der Waals surface area (Å²) in [7, 11) is 1.38. The van der Waals surface area contributed by atoms with Crippen LogP contribution in [-0.4, -0.2) is 26.2 Å². The van der Waals surface area contributed by atoms with Crippen molar-refractivity contribution >= 4 is 27.6 Å². The lowest BCUT2D eigenvalue weighted by atomic mass is 10.1. The number of ether oxygens (including phenoxy) is 2. The van der Waals surface area contributed by atoms with E-state index in [9.17, 15) is 4.79 Å². The number of benzene rings is 2. The number of esters is 1. The smallest absolute Gasteiger partial charge is 0.339 e. The third-order valence-corrected chi connectivity index (χ3v) is 3.61. The van der Waals surface area contributed by atoms with Crippen molar-refractivity contribution in [1.82, 2.24) is 0 Å². The lowest BCUT2D eigenvalue weighted by molar-refractivity contribution is 0.0601. The van der Waals surface area contributed by atoms with E-state index in [1.165, 1.54) is 7.11 Å². The second kappa shape index (κ2) is 7.84. The molecule has 0 heterocycles. The normalized spacial score (nSPS) is 10.1. The van der Waals surface area contributed by atoms with Gasteiger partial charge in [0.2, 0.25) is 0 Å². The molecule has 2 aromatic carbocycles. The minimum Gasteiger partial charge on any atom is -0.492 e. The maximum Gasteiger partial charge on any atom is 0.339 e. The van der Waals surface area contributed by atoms with Crippen molar-refractivity contribution in [3.63, 3.8) is 0 Å². The Morgan fingerprint density at radius 3 is 2.59 bits per heavy atom. The number of nitrogens with one attached hydrogen (secondary N) is 1. The Morgan fingerprint density at radius 2 is 1.91 bits per heavy atom. The van der Waals surface area contributed by atoms with Crippen molar-refractivity contribution in [2.75, 3.05) is 25.6 Å². The summed E-state index contributed by atoms with van der Waals surface area (Å²) in [5.74, 6) is 0.460. The van der Waals surface area contributed by atoms with E-state index in [0.717, 1.165) is 21.5 Å². The average Bonchev–Trinajstić information content (AvgIpc) is 2.53. The van der Waals surface area contributed by atoms with E-state index < -0.39 is 0 Å². The van der Waals surface area contributed by atoms with Crippen LogP contribution >= 0.6 is 15.9 Å². The van der Waals surface area contributed by atoms with Crippen LogP contribution in [0.25, 0.3) is 0 Å². The first kappa shape index (κ1) is 16.4. The molecule has 5 heteroatoms. The number of hydrogen-bond donors (Lipinski definition) is 1. The predicted octanol–water partition coefficient (Wildman–Crippen LogP) is 4.04. The van der Waals surface area contributed by atoms with Crippen molar-refractivity contribution < 1.29 is 14.3 Å². The van der Waals surface area contributed by atoms with Gasteiger partial charge in [-0.15, -0.1) is 0 Å². The van der Waals surface area contributed by atoms with Gasteiger partial charge >= 0.3 is 5.97 Å². The molecule has 0 aliphatic carbocycles. The molecule has 0 amide bonds. The lowest BCUT2D eigenvalue weighted by Gasteiger charge is -2.12. The van der Waals surface area contributed by atoms with Crippen molar-refractivity contribution in [2.45, 2.75) is 6.92 Å². The van der Waals surface area contributed by atoms with Gasteiger partial charge in [0.25, 0.3) is 0 Å². The molecule has 0 aliphatic rings. The first-order chi connectivity index (χ1) is 10.6. The number of methoxy groups -OCH3 is 1. The predicted molar refractivity (Wildman–Crippen MR) is 90.6 cm³/mol. The Morgan fingerprint density at radius 1 is 1.18 bits per heavy atom. The molecule has 0 saturated heterocycles. The number of hydrogen-bond acceptors (Lipinski definition) is 4. The van der Waals surface area contributed by atoms with Crippen molar-refractivity contribution in [3.05, 3.63) is 58.1 Å². The summed E-state index contributed by atoms with van der Waals surface area (Å²) in [5.41, 5.74) is 2.29. The Balaban J connectivity index is 1.91. The quantitative estimate of drug-likeness (QED) is 0.621. The van der Waals surface area contributed by atoms with Crippen LogP contribution in [0.4, 0.5) is 5.69 Å². The molecule has 0 aromatic heterocycles. The number of carbonyl (C=O) groups is 1. The van der Waals surface area contributed by atoms with E-state index >= 15 is 0 Å². The number of aryl methyl sites for hydroxylation is 1. The van der Waals surface area contributed by atoms with Crippen LogP contribution in [0.1, 0.15) is 15.9 Å². The fourth-order valence-corrected chi connectivity index (χ4v) is 2.24. The molecule has 0 unspecified atom stereocenters. The van der Waals surface area contributed by atoms with Gasteiger partial charge in [0.1, 0.15) is 12.4 Å². The highest BCUT2D eigenvalue weighted by molar-refractivity contribution is 9.10. The van der Waals surface area contributed by atoms with E-state index in [0.29, 0.717) is 18.7 Å². The van der Waals surface area contributed by atoms with Gasteiger partial charge in [0.15, 0.2) is 0 Å². The van der Waals surface area contributed by atoms with Crippen LogP contribution in [0.5, 0.6) is 5.75 Å². The molecule has 0 atom stereocenters. The van der Waals surface area contributed by atoms with Gasteiger partial charge in [-0.2, -0.15) is 0 Å². The second-order valence-electron chi connectivity index (χ2n) is 4.77. The highest BCUT2D eigenvalue weighted by Gasteiger charge is 2.11. The molecule has 0 aliphatic heterocycles. The minimum absolute atomic E-state index is 0.347. The van der Waals surface area contributed by atoms with E-state index in [-0.39, 0.29) is 5.97 Å². The van der Waals surface area contributed by atoms with Gasteiger partial charge in [-0.1, -0.05) is 27.6 Å². The molecule has 2 aromatic rings. The molecule has 0 radical (unpaired) electrons. The molecule has 2 rings (SSSR count). The fraction of sp³-hybridized carbons (Fsp3) is 0.235. The zero-order valence-electron chi connectivity index (χ0n) is 12.6. The lowest BCUT2D eigenvalue weighted by Crippen LogP contribution is -2.14. The molecule has 0 spiro atoms. The van der Waals surface area contributed by atoms with Crippen molar-refractivity contribution in [3.8, 4) is 5.75 Å². The molecule has 0 fully saturated rings. The summed E-state index contributed by atoms with van der Waals surface area (Å²) in [6.07, 6.45) is 0. The summed E-state index contributed by atoms with van der Waals surface area (Å²) in [6.45, 7) is 3.02. The molecule has 22 heavy (non-hydrogen) atoms. The Labute approximate surface area is 138 Å². The van der Waals surface area contributed by atoms with E-state index in [1.54, 1.807) is 0 Å². The Bertz CT molecular complexity index is 641. The van der Waals surface area contributed by atoms with Crippen LogP contribution in [0, 0.1) is 6.92 Å². The topological polar surface area (TPSA) is 47.6 Å². The van der Waals surface area contributed by atoms with Gasteiger partial charge in [-0.05, 0) is 43.3 Å². The maximum absolute atomic E-state index is 11.8. The first-order valence-electron chi connectivity index (χ1n) is 6.91. The molecule has 0 saturated carbocycles. The van der Waals surface area contributed by atoms with Gasteiger partial charge in [0.05, 0.1) is 12.7 Å². The first-order valence-corrected chi connectivity index (χ1v) is 7.70. The summed E-state index contributed by atoms with van der Waals surface area (Å²) >= 11 is 3.38. The van der Waals surface area contributed by atoms with Gasteiger partial charge in [-0.25, -0.2) is 4.79 Å². The zero-order valence-corrected chi connectivity index (χ0v) is 14.1.